The van der Waals surface area contributed by atoms with Crippen LogP contribution in [0.5, 0.6) is 11.5 Å². The molecule has 0 aromatic heterocycles. The smallest absolute Gasteiger partial charge is 0.300 e. The average molecular weight is 482 g/mol. The number of ether oxygens (including phenoxy) is 1. The fourth-order valence-corrected chi connectivity index (χ4v) is 4.49. The van der Waals surface area contributed by atoms with Gasteiger partial charge in [0.25, 0.3) is 11.7 Å². The molecule has 1 unspecified atom stereocenters. The normalized spacial score (nSPS) is 19.0. The SMILES string of the molecule is O=C1C(=O)N(c2ccc(Cl)c(Cl)c2)C(c2ccc(O)cc2)/C1=C(/O)c1ccc2c(c1)CCO2. The van der Waals surface area contributed by atoms with Crippen molar-refractivity contribution in [1.82, 2.24) is 0 Å². The minimum atomic E-state index is -0.938. The molecular weight excluding hydrogens is 465 g/mol. The molecule has 1 amide bonds. The van der Waals surface area contributed by atoms with Crippen LogP contribution in [0.3, 0.4) is 0 Å². The minimum Gasteiger partial charge on any atom is -0.508 e. The predicted octanol–water partition coefficient (Wildman–Crippen LogP) is 5.26. The predicted molar refractivity (Wildman–Crippen MR) is 125 cm³/mol. The monoisotopic (exact) mass is 481 g/mol. The molecule has 3 aromatic carbocycles. The summed E-state index contributed by atoms with van der Waals surface area (Å²) in [6.07, 6.45) is 0.690. The van der Waals surface area contributed by atoms with Gasteiger partial charge in [-0.25, -0.2) is 0 Å². The van der Waals surface area contributed by atoms with Gasteiger partial charge in [-0.15, -0.1) is 0 Å². The lowest BCUT2D eigenvalue weighted by Crippen LogP contribution is -2.29. The van der Waals surface area contributed by atoms with Crippen LogP contribution in [0, 0.1) is 0 Å². The van der Waals surface area contributed by atoms with E-state index in [2.05, 4.69) is 0 Å². The highest BCUT2D eigenvalue weighted by atomic mass is 35.5. The zero-order valence-corrected chi connectivity index (χ0v) is 18.6. The van der Waals surface area contributed by atoms with E-state index in [4.69, 9.17) is 27.9 Å². The Hall–Kier alpha value is -3.48. The number of hydrogen-bond acceptors (Lipinski definition) is 5. The molecule has 8 heteroatoms. The third kappa shape index (κ3) is 3.61. The number of hydrogen-bond donors (Lipinski definition) is 2. The number of fused-ring (bicyclic) bond motifs is 1. The summed E-state index contributed by atoms with van der Waals surface area (Å²) < 4.78 is 5.52. The summed E-state index contributed by atoms with van der Waals surface area (Å²) in [6.45, 7) is 0.550. The van der Waals surface area contributed by atoms with Gasteiger partial charge in [-0.3, -0.25) is 14.5 Å². The summed E-state index contributed by atoms with van der Waals surface area (Å²) in [5, 5.41) is 21.5. The van der Waals surface area contributed by atoms with Crippen LogP contribution in [-0.4, -0.2) is 28.5 Å². The Labute approximate surface area is 199 Å². The number of phenols is 1. The Balaban J connectivity index is 1.71. The van der Waals surface area contributed by atoms with Crippen molar-refractivity contribution in [3.8, 4) is 11.5 Å². The van der Waals surface area contributed by atoms with Crippen LogP contribution >= 0.6 is 23.2 Å². The topological polar surface area (TPSA) is 87.1 Å². The quantitative estimate of drug-likeness (QED) is 0.302. The second-order valence-corrected chi connectivity index (χ2v) is 8.59. The maximum Gasteiger partial charge on any atom is 0.300 e. The van der Waals surface area contributed by atoms with E-state index >= 15 is 0 Å². The van der Waals surface area contributed by atoms with E-state index in [0.717, 1.165) is 11.3 Å². The van der Waals surface area contributed by atoms with Crippen LogP contribution in [0.15, 0.2) is 66.2 Å². The van der Waals surface area contributed by atoms with Crippen LogP contribution in [-0.2, 0) is 16.0 Å². The molecule has 1 saturated heterocycles. The Morgan fingerprint density at radius 3 is 2.45 bits per heavy atom. The first kappa shape index (κ1) is 21.4. The van der Waals surface area contributed by atoms with Gasteiger partial charge in [0.05, 0.1) is 28.3 Å². The third-order valence-electron chi connectivity index (χ3n) is 5.80. The summed E-state index contributed by atoms with van der Waals surface area (Å²) in [5.74, 6) is -1.16. The van der Waals surface area contributed by atoms with E-state index in [9.17, 15) is 19.8 Å². The highest BCUT2D eigenvalue weighted by molar-refractivity contribution is 6.52. The molecule has 0 saturated carbocycles. The number of anilines is 1. The average Bonchev–Trinajstić information content (AvgIpc) is 3.38. The molecule has 3 aromatic rings. The van der Waals surface area contributed by atoms with Crippen LogP contribution < -0.4 is 9.64 Å². The zero-order valence-electron chi connectivity index (χ0n) is 17.1. The molecule has 33 heavy (non-hydrogen) atoms. The van der Waals surface area contributed by atoms with Crippen molar-refractivity contribution in [1.29, 1.82) is 0 Å². The number of aliphatic hydroxyl groups is 1. The zero-order chi connectivity index (χ0) is 23.3. The van der Waals surface area contributed by atoms with Gasteiger partial charge in [-0.05, 0) is 59.7 Å². The van der Waals surface area contributed by atoms with E-state index in [1.165, 1.54) is 29.2 Å². The number of Topliss-reactive ketones (excluding diaryl/α,β-unsaturated/α-hetero) is 1. The first-order valence-corrected chi connectivity index (χ1v) is 10.9. The van der Waals surface area contributed by atoms with E-state index in [1.54, 1.807) is 36.4 Å². The number of phenolic OH excluding ortho intramolecular Hbond substituents is 1. The van der Waals surface area contributed by atoms with Gasteiger partial charge >= 0.3 is 0 Å². The first-order chi connectivity index (χ1) is 15.8. The fraction of sp³-hybridized carbons (Fsp3) is 0.120. The maximum absolute atomic E-state index is 13.2. The summed E-state index contributed by atoms with van der Waals surface area (Å²) >= 11 is 12.2. The van der Waals surface area contributed by atoms with E-state index in [-0.39, 0.29) is 22.1 Å². The standard InChI is InChI=1S/C25H17Cl2NO5/c26-18-7-4-16(12-19(18)27)28-22(13-1-5-17(29)6-2-13)21(24(31)25(28)32)23(30)15-3-8-20-14(11-15)9-10-33-20/h1-8,11-12,22,29-30H,9-10H2/b23-21-. The van der Waals surface area contributed by atoms with E-state index in [1.807, 2.05) is 0 Å². The van der Waals surface area contributed by atoms with Gasteiger partial charge < -0.3 is 14.9 Å². The largest absolute Gasteiger partial charge is 0.508 e. The lowest BCUT2D eigenvalue weighted by Gasteiger charge is -2.25. The second kappa shape index (κ2) is 8.14. The number of nitrogens with zero attached hydrogens (tertiary/aromatic N) is 1. The van der Waals surface area contributed by atoms with Crippen molar-refractivity contribution in [2.24, 2.45) is 0 Å². The molecule has 0 spiro atoms. The molecule has 1 fully saturated rings. The summed E-state index contributed by atoms with van der Waals surface area (Å²) in [7, 11) is 0. The van der Waals surface area contributed by atoms with Crippen LogP contribution in [0.4, 0.5) is 5.69 Å². The van der Waals surface area contributed by atoms with Gasteiger partial charge in [0.1, 0.15) is 17.3 Å². The summed E-state index contributed by atoms with van der Waals surface area (Å²) in [5.41, 5.74) is 2.15. The number of halogens is 2. The van der Waals surface area contributed by atoms with Crippen LogP contribution in [0.2, 0.25) is 10.0 Å². The molecule has 2 aliphatic rings. The van der Waals surface area contributed by atoms with Crippen molar-refractivity contribution in [3.05, 3.63) is 93.0 Å². The molecule has 1 atom stereocenters. The van der Waals surface area contributed by atoms with Crippen LogP contribution in [0.25, 0.3) is 5.76 Å². The van der Waals surface area contributed by atoms with Crippen molar-refractivity contribution in [2.45, 2.75) is 12.5 Å². The molecule has 2 heterocycles. The molecule has 5 rings (SSSR count). The number of carbonyl (C=O) groups is 2. The van der Waals surface area contributed by atoms with E-state index in [0.29, 0.717) is 34.9 Å². The molecule has 166 valence electrons. The van der Waals surface area contributed by atoms with Crippen molar-refractivity contribution in [2.75, 3.05) is 11.5 Å². The van der Waals surface area contributed by atoms with E-state index < -0.39 is 17.7 Å². The number of carbonyl (C=O) groups excluding carboxylic acids is 2. The van der Waals surface area contributed by atoms with Gasteiger partial charge in [-0.2, -0.15) is 0 Å². The molecule has 0 bridgehead atoms. The molecule has 0 aliphatic carbocycles. The summed E-state index contributed by atoms with van der Waals surface area (Å²) in [6, 6.07) is 14.9. The summed E-state index contributed by atoms with van der Waals surface area (Å²) in [4.78, 5) is 27.6. The lowest BCUT2D eigenvalue weighted by molar-refractivity contribution is -0.132. The number of benzene rings is 3. The molecule has 0 radical (unpaired) electrons. The fourth-order valence-electron chi connectivity index (χ4n) is 4.20. The van der Waals surface area contributed by atoms with Crippen LogP contribution in [0.1, 0.15) is 22.7 Å². The second-order valence-electron chi connectivity index (χ2n) is 7.78. The molecule has 6 nitrogen and oxygen atoms in total. The van der Waals surface area contributed by atoms with Crippen molar-refractivity contribution < 1.29 is 24.5 Å². The molecular formula is C25H17Cl2NO5. The number of ketones is 1. The highest BCUT2D eigenvalue weighted by Gasteiger charge is 2.47. The highest BCUT2D eigenvalue weighted by Crippen LogP contribution is 2.44. The van der Waals surface area contributed by atoms with Gasteiger partial charge in [0.2, 0.25) is 0 Å². The van der Waals surface area contributed by atoms with Gasteiger partial charge in [0, 0.05) is 17.7 Å². The molecule has 2 aliphatic heterocycles. The van der Waals surface area contributed by atoms with Crippen molar-refractivity contribution in [3.63, 3.8) is 0 Å². The van der Waals surface area contributed by atoms with Gasteiger partial charge in [-0.1, -0.05) is 35.3 Å². The Bertz CT molecular complexity index is 1330. The Morgan fingerprint density at radius 2 is 1.73 bits per heavy atom. The first-order valence-electron chi connectivity index (χ1n) is 10.2. The van der Waals surface area contributed by atoms with Crippen molar-refractivity contribution >= 4 is 46.3 Å². The number of aliphatic hydroxyl groups excluding tert-OH is 1. The Kier molecular flexibility index (Phi) is 5.27. The maximum atomic E-state index is 13.2. The molecule has 2 N–H and O–H groups in total. The third-order valence-corrected chi connectivity index (χ3v) is 6.54. The van der Waals surface area contributed by atoms with Gasteiger partial charge in [0.15, 0.2) is 0 Å². The Morgan fingerprint density at radius 1 is 0.970 bits per heavy atom. The number of aromatic hydroxyl groups is 1. The minimum absolute atomic E-state index is 0.0314. The number of amides is 1. The number of rotatable bonds is 3. The lowest BCUT2D eigenvalue weighted by atomic mass is 9.94.